The molecule has 0 radical (unpaired) electrons. The first kappa shape index (κ1) is 14.8. The number of nitrogens with one attached hydrogen (secondary N) is 1. The average molecular weight is 276 g/mol. The molecule has 1 N–H and O–H groups in total. The van der Waals surface area contributed by atoms with E-state index in [0.29, 0.717) is 11.7 Å². The van der Waals surface area contributed by atoms with E-state index in [1.807, 2.05) is 19.1 Å². The molecule has 110 valence electrons. The van der Waals surface area contributed by atoms with Gasteiger partial charge in [-0.25, -0.2) is 0 Å². The lowest BCUT2D eigenvalue weighted by Gasteiger charge is -2.18. The Balaban J connectivity index is 2.08. The van der Waals surface area contributed by atoms with E-state index in [-0.39, 0.29) is 10.6 Å². The van der Waals surface area contributed by atoms with Crippen LogP contribution in [0.4, 0.5) is 11.4 Å². The van der Waals surface area contributed by atoms with Gasteiger partial charge in [0.2, 0.25) is 0 Å². The fourth-order valence-electron chi connectivity index (χ4n) is 3.07. The van der Waals surface area contributed by atoms with E-state index in [4.69, 9.17) is 0 Å². The van der Waals surface area contributed by atoms with E-state index in [0.717, 1.165) is 24.3 Å². The second-order valence-electron chi connectivity index (χ2n) is 5.90. The van der Waals surface area contributed by atoms with E-state index in [2.05, 4.69) is 12.2 Å². The monoisotopic (exact) mass is 276 g/mol. The fourth-order valence-corrected chi connectivity index (χ4v) is 3.07. The van der Waals surface area contributed by atoms with Crippen molar-refractivity contribution < 1.29 is 4.92 Å². The molecule has 20 heavy (non-hydrogen) atoms. The van der Waals surface area contributed by atoms with Crippen molar-refractivity contribution in [2.75, 3.05) is 5.32 Å². The van der Waals surface area contributed by atoms with Crippen LogP contribution in [0.25, 0.3) is 0 Å². The van der Waals surface area contributed by atoms with Crippen molar-refractivity contribution in [1.82, 2.24) is 0 Å². The molecule has 4 nitrogen and oxygen atoms in total. The molecule has 0 heterocycles. The normalized spacial score (nSPS) is 23.1. The van der Waals surface area contributed by atoms with Crippen LogP contribution in [0.3, 0.4) is 0 Å². The van der Waals surface area contributed by atoms with E-state index in [1.165, 1.54) is 25.7 Å². The SMILES string of the molecule is CCC1CCCC(Nc2ccc(C)cc2[N+](=O)[O-])CC1. The highest BCUT2D eigenvalue weighted by atomic mass is 16.6. The molecule has 1 aliphatic rings. The van der Waals surface area contributed by atoms with Gasteiger partial charge in [0.25, 0.3) is 5.69 Å². The van der Waals surface area contributed by atoms with Crippen molar-refractivity contribution in [3.8, 4) is 0 Å². The summed E-state index contributed by atoms with van der Waals surface area (Å²) in [6.45, 7) is 4.14. The Bertz CT molecular complexity index is 474. The minimum atomic E-state index is -0.291. The van der Waals surface area contributed by atoms with Gasteiger partial charge in [0.05, 0.1) is 4.92 Å². The highest BCUT2D eigenvalue weighted by Gasteiger charge is 2.21. The number of hydrogen-bond donors (Lipinski definition) is 1. The lowest BCUT2D eigenvalue weighted by molar-refractivity contribution is -0.384. The first-order valence-electron chi connectivity index (χ1n) is 7.61. The molecule has 1 aliphatic carbocycles. The molecule has 1 fully saturated rings. The van der Waals surface area contributed by atoms with E-state index in [9.17, 15) is 10.1 Å². The number of aryl methyl sites for hydroxylation is 1. The molecule has 0 spiro atoms. The van der Waals surface area contributed by atoms with Gasteiger partial charge in [-0.3, -0.25) is 10.1 Å². The van der Waals surface area contributed by atoms with Crippen LogP contribution in [0.5, 0.6) is 0 Å². The molecule has 0 aliphatic heterocycles. The number of nitrogens with zero attached hydrogens (tertiary/aromatic N) is 1. The molecule has 2 atom stereocenters. The van der Waals surface area contributed by atoms with Crippen LogP contribution in [-0.2, 0) is 0 Å². The van der Waals surface area contributed by atoms with Crippen molar-refractivity contribution in [3.63, 3.8) is 0 Å². The third kappa shape index (κ3) is 3.71. The zero-order valence-corrected chi connectivity index (χ0v) is 12.4. The highest BCUT2D eigenvalue weighted by molar-refractivity contribution is 5.62. The molecule has 0 amide bonds. The second-order valence-corrected chi connectivity index (χ2v) is 5.90. The first-order chi connectivity index (χ1) is 9.60. The summed E-state index contributed by atoms with van der Waals surface area (Å²) < 4.78 is 0. The average Bonchev–Trinajstić information content (AvgIpc) is 2.65. The molecule has 0 saturated heterocycles. The van der Waals surface area contributed by atoms with E-state index in [1.54, 1.807) is 6.07 Å². The van der Waals surface area contributed by atoms with Crippen molar-refractivity contribution >= 4 is 11.4 Å². The third-order valence-electron chi connectivity index (χ3n) is 4.38. The maximum Gasteiger partial charge on any atom is 0.292 e. The number of nitro benzene ring substituents is 1. The van der Waals surface area contributed by atoms with Crippen LogP contribution in [0, 0.1) is 23.0 Å². The van der Waals surface area contributed by atoms with Crippen molar-refractivity contribution in [1.29, 1.82) is 0 Å². The summed E-state index contributed by atoms with van der Waals surface area (Å²) in [6.07, 6.45) is 7.22. The first-order valence-corrected chi connectivity index (χ1v) is 7.61. The Hall–Kier alpha value is -1.58. The number of rotatable bonds is 4. The highest BCUT2D eigenvalue weighted by Crippen LogP contribution is 2.31. The van der Waals surface area contributed by atoms with Gasteiger partial charge in [-0.1, -0.05) is 32.3 Å². The van der Waals surface area contributed by atoms with Crippen LogP contribution in [-0.4, -0.2) is 11.0 Å². The molecule has 4 heteroatoms. The van der Waals surface area contributed by atoms with E-state index >= 15 is 0 Å². The number of benzene rings is 1. The zero-order valence-electron chi connectivity index (χ0n) is 12.4. The molecule has 2 unspecified atom stereocenters. The Kier molecular flexibility index (Phi) is 4.99. The van der Waals surface area contributed by atoms with Crippen LogP contribution < -0.4 is 5.32 Å². The predicted molar refractivity (Wildman–Crippen MR) is 82.1 cm³/mol. The Morgan fingerprint density at radius 1 is 1.30 bits per heavy atom. The number of hydrogen-bond acceptors (Lipinski definition) is 3. The molecule has 1 aromatic rings. The zero-order chi connectivity index (χ0) is 14.5. The second kappa shape index (κ2) is 6.73. The van der Waals surface area contributed by atoms with Gasteiger partial charge in [0.15, 0.2) is 0 Å². The molecule has 0 aromatic heterocycles. The van der Waals surface area contributed by atoms with Crippen LogP contribution in [0.2, 0.25) is 0 Å². The van der Waals surface area contributed by atoms with Gasteiger partial charge in [0, 0.05) is 12.1 Å². The van der Waals surface area contributed by atoms with Crippen molar-refractivity contribution in [2.45, 2.75) is 58.4 Å². The number of anilines is 1. The summed E-state index contributed by atoms with van der Waals surface area (Å²) in [6, 6.07) is 5.79. The molecule has 1 saturated carbocycles. The van der Waals surface area contributed by atoms with Crippen LogP contribution in [0.15, 0.2) is 18.2 Å². The Morgan fingerprint density at radius 3 is 2.80 bits per heavy atom. The molecular weight excluding hydrogens is 252 g/mol. The minimum Gasteiger partial charge on any atom is -0.377 e. The minimum absolute atomic E-state index is 0.196. The summed E-state index contributed by atoms with van der Waals surface area (Å²) >= 11 is 0. The summed E-state index contributed by atoms with van der Waals surface area (Å²) in [5.41, 5.74) is 1.79. The van der Waals surface area contributed by atoms with E-state index < -0.39 is 0 Å². The largest absolute Gasteiger partial charge is 0.377 e. The molecule has 1 aromatic carbocycles. The third-order valence-corrected chi connectivity index (χ3v) is 4.38. The lowest BCUT2D eigenvalue weighted by atomic mass is 9.98. The Morgan fingerprint density at radius 2 is 2.10 bits per heavy atom. The van der Waals surface area contributed by atoms with Gasteiger partial charge in [-0.2, -0.15) is 0 Å². The standard InChI is InChI=1S/C16H24N2O2/c1-3-13-5-4-6-14(9-8-13)17-15-10-7-12(2)11-16(15)18(19)20/h7,10-11,13-14,17H,3-6,8-9H2,1-2H3. The summed E-state index contributed by atoms with van der Waals surface area (Å²) in [5, 5.41) is 14.5. The van der Waals surface area contributed by atoms with Crippen molar-refractivity contribution in [3.05, 3.63) is 33.9 Å². The summed E-state index contributed by atoms with van der Waals surface area (Å²) in [7, 11) is 0. The smallest absolute Gasteiger partial charge is 0.292 e. The Labute approximate surface area is 120 Å². The summed E-state index contributed by atoms with van der Waals surface area (Å²) in [5.74, 6) is 0.829. The fraction of sp³-hybridized carbons (Fsp3) is 0.625. The molecule has 0 bridgehead atoms. The van der Waals surface area contributed by atoms with Gasteiger partial charge < -0.3 is 5.32 Å². The number of nitro groups is 1. The van der Waals surface area contributed by atoms with Crippen molar-refractivity contribution in [2.24, 2.45) is 5.92 Å². The quantitative estimate of drug-likeness (QED) is 0.493. The molecule has 2 rings (SSSR count). The van der Waals surface area contributed by atoms with Crippen LogP contribution in [0.1, 0.15) is 51.0 Å². The maximum atomic E-state index is 11.1. The van der Waals surface area contributed by atoms with Gasteiger partial charge in [-0.15, -0.1) is 0 Å². The lowest BCUT2D eigenvalue weighted by Crippen LogP contribution is -2.19. The molecular formula is C16H24N2O2. The predicted octanol–water partition coefficient (Wildman–Crippen LogP) is 4.67. The van der Waals surface area contributed by atoms with Crippen LogP contribution >= 0.6 is 0 Å². The van der Waals surface area contributed by atoms with Gasteiger partial charge in [0.1, 0.15) is 5.69 Å². The summed E-state index contributed by atoms with van der Waals surface area (Å²) in [4.78, 5) is 10.9. The van der Waals surface area contributed by atoms with Gasteiger partial charge in [-0.05, 0) is 43.7 Å². The topological polar surface area (TPSA) is 55.2 Å². The van der Waals surface area contributed by atoms with Gasteiger partial charge >= 0.3 is 0 Å². The maximum absolute atomic E-state index is 11.1.